The van der Waals surface area contributed by atoms with Gasteiger partial charge in [0.1, 0.15) is 6.33 Å². The maximum atomic E-state index is 12.5. The molecule has 1 saturated heterocycles. The van der Waals surface area contributed by atoms with Gasteiger partial charge in [-0.1, -0.05) is 30.3 Å². The molecule has 0 unspecified atom stereocenters. The molecule has 0 spiro atoms. The molecule has 7 heteroatoms. The Bertz CT molecular complexity index is 1020. The van der Waals surface area contributed by atoms with Crippen LogP contribution < -0.4 is 15.8 Å². The van der Waals surface area contributed by atoms with Crippen LogP contribution >= 0.6 is 0 Å². The minimum atomic E-state index is -0.0861. The van der Waals surface area contributed by atoms with E-state index < -0.39 is 0 Å². The predicted octanol–water partition coefficient (Wildman–Crippen LogP) is 1.91. The van der Waals surface area contributed by atoms with Crippen molar-refractivity contribution in [1.82, 2.24) is 24.8 Å². The number of aryl methyl sites for hydroxylation is 1. The van der Waals surface area contributed by atoms with Gasteiger partial charge in [0.05, 0.1) is 11.4 Å². The molecule has 1 aromatic carbocycles. The summed E-state index contributed by atoms with van der Waals surface area (Å²) in [6, 6.07) is 14.1. The smallest absolute Gasteiger partial charge is 0.255 e. The van der Waals surface area contributed by atoms with Crippen molar-refractivity contribution in [3.8, 4) is 11.4 Å². The molecule has 1 aliphatic heterocycles. The third kappa shape index (κ3) is 3.94. The molecule has 4 rings (SSSR count). The molecule has 0 radical (unpaired) electrons. The van der Waals surface area contributed by atoms with Gasteiger partial charge in [-0.3, -0.25) is 9.36 Å². The zero-order valence-corrected chi connectivity index (χ0v) is 16.2. The van der Waals surface area contributed by atoms with Crippen LogP contribution in [0.4, 0.5) is 5.95 Å². The second kappa shape index (κ2) is 7.90. The lowest BCUT2D eigenvalue weighted by Crippen LogP contribution is -2.35. The molecule has 2 aromatic heterocycles. The largest absolute Gasteiger partial charge is 0.341 e. The summed E-state index contributed by atoms with van der Waals surface area (Å²) in [5.74, 6) is 0.683. The molecular weight excluding hydrogens is 352 g/mol. The Morgan fingerprint density at radius 2 is 1.96 bits per heavy atom. The fourth-order valence-electron chi connectivity index (χ4n) is 3.50. The van der Waals surface area contributed by atoms with E-state index in [4.69, 9.17) is 4.98 Å². The van der Waals surface area contributed by atoms with Crippen molar-refractivity contribution in [2.24, 2.45) is 7.05 Å². The fourth-order valence-corrected chi connectivity index (χ4v) is 3.50. The molecule has 0 saturated carbocycles. The maximum absolute atomic E-state index is 12.5. The normalized spacial score (nSPS) is 16.5. The number of hydrogen-bond acceptors (Lipinski definition) is 6. The summed E-state index contributed by atoms with van der Waals surface area (Å²) >= 11 is 0. The van der Waals surface area contributed by atoms with Crippen molar-refractivity contribution in [2.75, 3.05) is 18.0 Å². The molecule has 3 aromatic rings. The van der Waals surface area contributed by atoms with Gasteiger partial charge < -0.3 is 10.2 Å². The Labute approximate surface area is 164 Å². The summed E-state index contributed by atoms with van der Waals surface area (Å²) in [6.45, 7) is 4.42. The Morgan fingerprint density at radius 1 is 1.14 bits per heavy atom. The third-order valence-electron chi connectivity index (χ3n) is 5.09. The van der Waals surface area contributed by atoms with E-state index in [1.54, 1.807) is 11.6 Å². The third-order valence-corrected chi connectivity index (χ3v) is 5.09. The Balaban J connectivity index is 1.52. The van der Waals surface area contributed by atoms with E-state index >= 15 is 0 Å². The molecule has 1 aliphatic rings. The molecule has 3 heterocycles. The lowest BCUT2D eigenvalue weighted by atomic mass is 10.2. The second-order valence-electron chi connectivity index (χ2n) is 7.18. The summed E-state index contributed by atoms with van der Waals surface area (Å²) < 4.78 is 1.61. The van der Waals surface area contributed by atoms with Crippen LogP contribution in [0.2, 0.25) is 0 Å². The van der Waals surface area contributed by atoms with Gasteiger partial charge in [-0.05, 0) is 25.0 Å². The van der Waals surface area contributed by atoms with Crippen LogP contribution in [0.1, 0.15) is 17.7 Å². The van der Waals surface area contributed by atoms with Crippen molar-refractivity contribution in [3.63, 3.8) is 0 Å². The van der Waals surface area contributed by atoms with E-state index in [1.165, 1.54) is 18.0 Å². The van der Waals surface area contributed by atoms with Gasteiger partial charge in [0.15, 0.2) is 0 Å². The highest BCUT2D eigenvalue weighted by atomic mass is 16.1. The van der Waals surface area contributed by atoms with Crippen molar-refractivity contribution < 1.29 is 0 Å². The topological polar surface area (TPSA) is 75.9 Å². The van der Waals surface area contributed by atoms with Crippen LogP contribution in [-0.4, -0.2) is 38.7 Å². The number of nitrogens with zero attached hydrogens (tertiary/aromatic N) is 5. The van der Waals surface area contributed by atoms with Crippen LogP contribution in [-0.2, 0) is 13.6 Å². The van der Waals surface area contributed by atoms with Gasteiger partial charge in [0.2, 0.25) is 5.95 Å². The Hall–Kier alpha value is -3.06. The fraction of sp³-hybridized carbons (Fsp3) is 0.333. The van der Waals surface area contributed by atoms with Crippen LogP contribution in [0.3, 0.4) is 0 Å². The molecule has 0 aliphatic carbocycles. The Kier molecular flexibility index (Phi) is 5.16. The molecule has 7 nitrogen and oxygen atoms in total. The van der Waals surface area contributed by atoms with Gasteiger partial charge >= 0.3 is 0 Å². The van der Waals surface area contributed by atoms with Gasteiger partial charge in [-0.15, -0.1) is 0 Å². The van der Waals surface area contributed by atoms with Gasteiger partial charge in [-0.2, -0.15) is 0 Å². The summed E-state index contributed by atoms with van der Waals surface area (Å²) in [7, 11) is 1.77. The zero-order valence-electron chi connectivity index (χ0n) is 16.2. The SMILES string of the molecule is Cc1cc(-c2cc(=O)n(C)c(N3CC[C@H](NCc4ccccc4)C3)n2)ncn1. The maximum Gasteiger partial charge on any atom is 0.255 e. The van der Waals surface area contributed by atoms with Crippen molar-refractivity contribution >= 4 is 5.95 Å². The van der Waals surface area contributed by atoms with E-state index in [-0.39, 0.29) is 5.56 Å². The molecule has 0 bridgehead atoms. The lowest BCUT2D eigenvalue weighted by molar-refractivity contribution is 0.550. The molecular formula is C21H24N6O. The van der Waals surface area contributed by atoms with Crippen molar-refractivity contribution in [3.05, 3.63) is 70.4 Å². The highest BCUT2D eigenvalue weighted by molar-refractivity contribution is 5.56. The number of aromatic nitrogens is 4. The van der Waals surface area contributed by atoms with Gasteiger partial charge in [0, 0.05) is 44.5 Å². The lowest BCUT2D eigenvalue weighted by Gasteiger charge is -2.21. The zero-order chi connectivity index (χ0) is 19.5. The van der Waals surface area contributed by atoms with E-state index in [0.717, 1.165) is 31.7 Å². The predicted molar refractivity (Wildman–Crippen MR) is 109 cm³/mol. The van der Waals surface area contributed by atoms with E-state index in [0.29, 0.717) is 23.4 Å². The Morgan fingerprint density at radius 3 is 2.75 bits per heavy atom. The number of benzene rings is 1. The van der Waals surface area contributed by atoms with Gasteiger partial charge in [0.25, 0.3) is 5.56 Å². The first-order valence-corrected chi connectivity index (χ1v) is 9.49. The van der Waals surface area contributed by atoms with Crippen LogP contribution in [0.5, 0.6) is 0 Å². The van der Waals surface area contributed by atoms with Crippen molar-refractivity contribution in [2.45, 2.75) is 25.9 Å². The summed E-state index contributed by atoms with van der Waals surface area (Å²) in [5.41, 5.74) is 3.29. The molecule has 1 atom stereocenters. The second-order valence-corrected chi connectivity index (χ2v) is 7.18. The van der Waals surface area contributed by atoms with E-state index in [2.05, 4.69) is 44.5 Å². The van der Waals surface area contributed by atoms with Gasteiger partial charge in [-0.25, -0.2) is 15.0 Å². The summed E-state index contributed by atoms with van der Waals surface area (Å²) in [6.07, 6.45) is 2.52. The van der Waals surface area contributed by atoms with Crippen LogP contribution in [0.15, 0.2) is 53.6 Å². The molecule has 144 valence electrons. The number of hydrogen-bond donors (Lipinski definition) is 1. The first-order valence-electron chi connectivity index (χ1n) is 9.49. The van der Waals surface area contributed by atoms with Crippen molar-refractivity contribution in [1.29, 1.82) is 0 Å². The van der Waals surface area contributed by atoms with Crippen LogP contribution in [0.25, 0.3) is 11.4 Å². The molecule has 1 fully saturated rings. The summed E-state index contributed by atoms with van der Waals surface area (Å²) in [5, 5.41) is 3.61. The molecule has 28 heavy (non-hydrogen) atoms. The summed E-state index contributed by atoms with van der Waals surface area (Å²) in [4.78, 5) is 27.8. The average molecular weight is 376 g/mol. The average Bonchev–Trinajstić information content (AvgIpc) is 3.18. The molecule has 0 amide bonds. The first kappa shape index (κ1) is 18.3. The highest BCUT2D eigenvalue weighted by Crippen LogP contribution is 2.21. The highest BCUT2D eigenvalue weighted by Gasteiger charge is 2.25. The van der Waals surface area contributed by atoms with E-state index in [9.17, 15) is 4.79 Å². The quantitative estimate of drug-likeness (QED) is 0.733. The minimum absolute atomic E-state index is 0.0861. The van der Waals surface area contributed by atoms with E-state index in [1.807, 2.05) is 19.1 Å². The minimum Gasteiger partial charge on any atom is -0.341 e. The standard InChI is InChI=1S/C21H24N6O/c1-15-10-18(24-14-23-15)19-11-20(28)26(2)21(25-19)27-9-8-17(13-27)22-12-16-6-4-3-5-7-16/h3-7,10-11,14,17,22H,8-9,12-13H2,1-2H3/t17-/m0/s1. The first-order chi connectivity index (χ1) is 13.6. The number of rotatable bonds is 5. The number of anilines is 1. The monoisotopic (exact) mass is 376 g/mol. The molecule has 1 N–H and O–H groups in total. The number of nitrogens with one attached hydrogen (secondary N) is 1. The van der Waals surface area contributed by atoms with Crippen LogP contribution in [0, 0.1) is 6.92 Å².